The van der Waals surface area contributed by atoms with E-state index in [-0.39, 0.29) is 0 Å². The molecule has 0 aliphatic heterocycles. The van der Waals surface area contributed by atoms with E-state index < -0.39 is 0 Å². The van der Waals surface area contributed by atoms with Gasteiger partial charge in [0.1, 0.15) is 28.1 Å². The van der Waals surface area contributed by atoms with Gasteiger partial charge in [-0.1, -0.05) is 18.3 Å². The van der Waals surface area contributed by atoms with Crippen molar-refractivity contribution in [2.75, 3.05) is 7.11 Å². The highest BCUT2D eigenvalue weighted by atomic mass is 32.1. The van der Waals surface area contributed by atoms with Crippen LogP contribution in [-0.2, 0) is 6.61 Å². The molecule has 2 N–H and O–H groups in total. The van der Waals surface area contributed by atoms with E-state index in [4.69, 9.17) is 27.4 Å². The quantitative estimate of drug-likeness (QED) is 0.852. The number of aromatic nitrogens is 1. The van der Waals surface area contributed by atoms with E-state index in [9.17, 15) is 0 Å². The number of nitrogens with two attached hydrogens (primary N) is 1. The van der Waals surface area contributed by atoms with Crippen LogP contribution in [0.1, 0.15) is 9.88 Å². The van der Waals surface area contributed by atoms with Crippen LogP contribution in [0.3, 0.4) is 0 Å². The summed E-state index contributed by atoms with van der Waals surface area (Å²) in [6.45, 7) is 0.389. The molecule has 1 heterocycles. The van der Waals surface area contributed by atoms with Crippen molar-refractivity contribution < 1.29 is 9.47 Å². The molecule has 6 heteroatoms. The first-order chi connectivity index (χ1) is 8.69. The van der Waals surface area contributed by atoms with Gasteiger partial charge >= 0.3 is 0 Å². The largest absolute Gasteiger partial charge is 0.497 e. The van der Waals surface area contributed by atoms with Gasteiger partial charge in [-0.25, -0.2) is 4.98 Å². The summed E-state index contributed by atoms with van der Waals surface area (Å²) in [6, 6.07) is 7.42. The Kier molecular flexibility index (Phi) is 4.11. The highest BCUT2D eigenvalue weighted by Crippen LogP contribution is 2.21. The number of thiocarbonyl (C=S) groups is 1. The molecule has 0 atom stereocenters. The molecule has 0 saturated carbocycles. The number of methoxy groups -OCH3 is 1. The molecule has 0 aliphatic rings. The van der Waals surface area contributed by atoms with Crippen molar-refractivity contribution in [1.82, 2.24) is 4.98 Å². The van der Waals surface area contributed by atoms with Gasteiger partial charge in [-0.05, 0) is 12.1 Å². The lowest BCUT2D eigenvalue weighted by Gasteiger charge is -2.05. The predicted molar refractivity (Wildman–Crippen MR) is 75.3 cm³/mol. The summed E-state index contributed by atoms with van der Waals surface area (Å²) in [7, 11) is 1.62. The highest BCUT2D eigenvalue weighted by molar-refractivity contribution is 7.81. The molecule has 0 radical (unpaired) electrons. The van der Waals surface area contributed by atoms with E-state index in [1.807, 2.05) is 24.3 Å². The molecule has 4 nitrogen and oxygen atoms in total. The lowest BCUT2D eigenvalue weighted by atomic mass is 10.3. The van der Waals surface area contributed by atoms with E-state index in [0.29, 0.717) is 11.6 Å². The standard InChI is InChI=1S/C12H12N2O2S2/c1-15-8-3-2-4-9(5-8)16-7-11-14-6-10(18-11)12(13)17/h2-6H,7H2,1H3,(H2,13,17). The van der Waals surface area contributed by atoms with Crippen LogP contribution >= 0.6 is 23.6 Å². The molecule has 2 aromatic rings. The zero-order valence-electron chi connectivity index (χ0n) is 9.75. The van der Waals surface area contributed by atoms with E-state index in [1.165, 1.54) is 11.3 Å². The summed E-state index contributed by atoms with van der Waals surface area (Å²) in [5, 5.41) is 0.834. The number of benzene rings is 1. The fraction of sp³-hybridized carbons (Fsp3) is 0.167. The number of rotatable bonds is 5. The fourth-order valence-corrected chi connectivity index (χ4v) is 2.19. The van der Waals surface area contributed by atoms with Gasteiger partial charge in [0.25, 0.3) is 0 Å². The SMILES string of the molecule is COc1cccc(OCc2ncc(C(N)=S)s2)c1. The van der Waals surface area contributed by atoms with Crippen LogP contribution in [0.5, 0.6) is 11.5 Å². The Labute approximate surface area is 114 Å². The Morgan fingerprint density at radius 1 is 1.44 bits per heavy atom. The molecule has 2 rings (SSSR count). The third-order valence-corrected chi connectivity index (χ3v) is 3.55. The first kappa shape index (κ1) is 12.8. The van der Waals surface area contributed by atoms with Crippen molar-refractivity contribution in [1.29, 1.82) is 0 Å². The minimum absolute atomic E-state index is 0.361. The van der Waals surface area contributed by atoms with Gasteiger partial charge in [-0.3, -0.25) is 0 Å². The van der Waals surface area contributed by atoms with Gasteiger partial charge < -0.3 is 15.2 Å². The molecule has 0 saturated heterocycles. The van der Waals surface area contributed by atoms with Crippen molar-refractivity contribution in [3.63, 3.8) is 0 Å². The molecule has 18 heavy (non-hydrogen) atoms. The lowest BCUT2D eigenvalue weighted by Crippen LogP contribution is -2.06. The molecule has 94 valence electrons. The van der Waals surface area contributed by atoms with Crippen molar-refractivity contribution in [2.45, 2.75) is 6.61 Å². The second kappa shape index (κ2) is 5.79. The number of nitrogens with zero attached hydrogens (tertiary/aromatic N) is 1. The lowest BCUT2D eigenvalue weighted by molar-refractivity contribution is 0.303. The highest BCUT2D eigenvalue weighted by Gasteiger charge is 2.05. The number of ether oxygens (including phenoxy) is 2. The Hall–Kier alpha value is -1.66. The molecular weight excluding hydrogens is 268 g/mol. The topological polar surface area (TPSA) is 57.4 Å². The second-order valence-electron chi connectivity index (χ2n) is 3.45. The Morgan fingerprint density at radius 2 is 2.22 bits per heavy atom. The van der Waals surface area contributed by atoms with E-state index in [2.05, 4.69) is 4.98 Å². The monoisotopic (exact) mass is 280 g/mol. The van der Waals surface area contributed by atoms with Crippen LogP contribution in [0, 0.1) is 0 Å². The normalized spacial score (nSPS) is 10.1. The second-order valence-corrected chi connectivity index (χ2v) is 5.01. The van der Waals surface area contributed by atoms with Gasteiger partial charge in [0, 0.05) is 12.3 Å². The summed E-state index contributed by atoms with van der Waals surface area (Å²) in [5.74, 6) is 1.50. The Balaban J connectivity index is 1.99. The maximum Gasteiger partial charge on any atom is 0.140 e. The van der Waals surface area contributed by atoms with Crippen molar-refractivity contribution in [2.24, 2.45) is 5.73 Å². The number of hydrogen-bond acceptors (Lipinski definition) is 5. The van der Waals surface area contributed by atoms with Gasteiger partial charge in [-0.2, -0.15) is 0 Å². The minimum atomic E-state index is 0.361. The van der Waals surface area contributed by atoms with Crippen LogP contribution in [0.25, 0.3) is 0 Å². The summed E-state index contributed by atoms with van der Waals surface area (Å²) in [5.41, 5.74) is 5.52. The maximum absolute atomic E-state index is 5.61. The molecule has 0 fully saturated rings. The smallest absolute Gasteiger partial charge is 0.140 e. The van der Waals surface area contributed by atoms with Crippen LogP contribution in [0.2, 0.25) is 0 Å². The van der Waals surface area contributed by atoms with Gasteiger partial charge in [0.2, 0.25) is 0 Å². The molecule has 0 unspecified atom stereocenters. The average Bonchev–Trinajstić information content (AvgIpc) is 2.85. The van der Waals surface area contributed by atoms with Crippen LogP contribution < -0.4 is 15.2 Å². The van der Waals surface area contributed by atoms with E-state index in [0.717, 1.165) is 21.4 Å². The van der Waals surface area contributed by atoms with Gasteiger partial charge in [0.05, 0.1) is 12.0 Å². The molecular formula is C12H12N2O2S2. The van der Waals surface area contributed by atoms with Crippen molar-refractivity contribution in [3.05, 3.63) is 40.3 Å². The predicted octanol–water partition coefficient (Wildman–Crippen LogP) is 2.36. The van der Waals surface area contributed by atoms with Gasteiger partial charge in [-0.15, -0.1) is 11.3 Å². The molecule has 1 aromatic carbocycles. The maximum atomic E-state index is 5.61. The molecule has 0 amide bonds. The average molecular weight is 280 g/mol. The Morgan fingerprint density at radius 3 is 2.89 bits per heavy atom. The third-order valence-electron chi connectivity index (χ3n) is 2.20. The van der Waals surface area contributed by atoms with Crippen LogP contribution in [0.4, 0.5) is 0 Å². The van der Waals surface area contributed by atoms with Crippen LogP contribution in [-0.4, -0.2) is 17.1 Å². The summed E-state index contributed by atoms with van der Waals surface area (Å²) in [6.07, 6.45) is 1.66. The first-order valence-electron chi connectivity index (χ1n) is 5.20. The summed E-state index contributed by atoms with van der Waals surface area (Å²) >= 11 is 6.31. The third kappa shape index (κ3) is 3.18. The fourth-order valence-electron chi connectivity index (χ4n) is 1.33. The van der Waals surface area contributed by atoms with Gasteiger partial charge in [0.15, 0.2) is 0 Å². The summed E-state index contributed by atoms with van der Waals surface area (Å²) in [4.78, 5) is 5.35. The zero-order valence-corrected chi connectivity index (χ0v) is 11.4. The zero-order chi connectivity index (χ0) is 13.0. The number of thiazole rings is 1. The molecule has 1 aromatic heterocycles. The van der Waals surface area contributed by atoms with E-state index in [1.54, 1.807) is 13.3 Å². The van der Waals surface area contributed by atoms with E-state index >= 15 is 0 Å². The molecule has 0 spiro atoms. The Bertz CT molecular complexity index is 555. The first-order valence-corrected chi connectivity index (χ1v) is 6.43. The molecule has 0 bridgehead atoms. The van der Waals surface area contributed by atoms with Crippen LogP contribution in [0.15, 0.2) is 30.5 Å². The molecule has 0 aliphatic carbocycles. The van der Waals surface area contributed by atoms with Crippen molar-refractivity contribution in [3.8, 4) is 11.5 Å². The number of hydrogen-bond donors (Lipinski definition) is 1. The minimum Gasteiger partial charge on any atom is -0.497 e. The van der Waals surface area contributed by atoms with Crippen molar-refractivity contribution >= 4 is 28.5 Å². The summed E-state index contributed by atoms with van der Waals surface area (Å²) < 4.78 is 10.7.